The van der Waals surface area contributed by atoms with Crippen LogP contribution in [0.25, 0.3) is 0 Å². The van der Waals surface area contributed by atoms with Crippen molar-refractivity contribution in [1.29, 1.82) is 0 Å². The monoisotopic (exact) mass is 346 g/mol. The van der Waals surface area contributed by atoms with E-state index >= 15 is 0 Å². The number of phosphoric acid groups is 1. The van der Waals surface area contributed by atoms with Gasteiger partial charge in [-0.1, -0.05) is 42.4 Å². The van der Waals surface area contributed by atoms with Gasteiger partial charge in [0.15, 0.2) is 0 Å². The van der Waals surface area contributed by atoms with E-state index in [0.29, 0.717) is 26.2 Å². The van der Waals surface area contributed by atoms with Crippen molar-refractivity contribution in [3.63, 3.8) is 0 Å². The molecule has 0 amide bonds. The van der Waals surface area contributed by atoms with E-state index in [-0.39, 0.29) is 4.75 Å². The highest BCUT2D eigenvalue weighted by molar-refractivity contribution is 8.77. The average Bonchev–Trinajstić information content (AvgIpc) is 2.38. The van der Waals surface area contributed by atoms with Crippen molar-refractivity contribution in [3.05, 3.63) is 0 Å². The van der Waals surface area contributed by atoms with Gasteiger partial charge in [0.1, 0.15) is 0 Å². The summed E-state index contributed by atoms with van der Waals surface area (Å²) in [5, 5.41) is 0. The van der Waals surface area contributed by atoms with Gasteiger partial charge in [-0.3, -0.25) is 13.6 Å². The Labute approximate surface area is 130 Å². The van der Waals surface area contributed by atoms with Gasteiger partial charge in [-0.25, -0.2) is 4.57 Å². The third kappa shape index (κ3) is 12.5. The van der Waals surface area contributed by atoms with Gasteiger partial charge in [-0.2, -0.15) is 0 Å². The molecule has 0 aromatic rings. The van der Waals surface area contributed by atoms with E-state index in [1.165, 1.54) is 7.11 Å². The minimum Gasteiger partial charge on any atom is -0.385 e. The lowest BCUT2D eigenvalue weighted by atomic mass is 10.3. The van der Waals surface area contributed by atoms with Crippen molar-refractivity contribution in [1.82, 2.24) is 0 Å². The largest absolute Gasteiger partial charge is 0.474 e. The maximum Gasteiger partial charge on any atom is 0.474 e. The van der Waals surface area contributed by atoms with Crippen molar-refractivity contribution < 1.29 is 22.9 Å². The third-order valence-corrected chi connectivity index (χ3v) is 6.77. The Kier molecular flexibility index (Phi) is 11.8. The van der Waals surface area contributed by atoms with Crippen molar-refractivity contribution in [2.45, 2.75) is 38.4 Å². The maximum atomic E-state index is 12.0. The molecule has 8 heteroatoms. The van der Waals surface area contributed by atoms with Gasteiger partial charge in [-0.05, 0) is 12.8 Å². The molecule has 0 rings (SSSR count). The molecule has 0 saturated carbocycles. The predicted molar refractivity (Wildman–Crippen MR) is 87.4 cm³/mol. The molecule has 0 spiro atoms. The molecule has 1 atom stereocenters. The molecule has 0 aliphatic carbocycles. The number of ether oxygens (including phenoxy) is 1. The van der Waals surface area contributed by atoms with Crippen molar-refractivity contribution in [3.8, 4) is 0 Å². The van der Waals surface area contributed by atoms with Crippen molar-refractivity contribution in [2.75, 3.05) is 39.8 Å². The molecule has 0 heterocycles. The van der Waals surface area contributed by atoms with E-state index in [1.807, 2.05) is 10.8 Å². The zero-order chi connectivity index (χ0) is 15.5. The number of rotatable bonds is 12. The summed E-state index contributed by atoms with van der Waals surface area (Å²) >= 11 is 0. The van der Waals surface area contributed by atoms with Crippen molar-refractivity contribution in [2.24, 2.45) is 0 Å². The first-order chi connectivity index (χ1) is 9.33. The number of hydrogen-bond donors (Lipinski definition) is 0. The lowest BCUT2D eigenvalue weighted by molar-refractivity contribution is 0.115. The summed E-state index contributed by atoms with van der Waals surface area (Å²) in [6, 6.07) is 0. The molecule has 122 valence electrons. The Hall–Kier alpha value is 0.770. The number of phosphoric ester groups is 1. The summed E-state index contributed by atoms with van der Waals surface area (Å²) in [6.07, 6.45) is 1.47. The highest BCUT2D eigenvalue weighted by Gasteiger charge is 2.24. The Balaban J connectivity index is 3.70. The summed E-state index contributed by atoms with van der Waals surface area (Å²) in [5.74, 6) is 0.940. The van der Waals surface area contributed by atoms with Crippen LogP contribution in [0.15, 0.2) is 0 Å². The van der Waals surface area contributed by atoms with E-state index in [4.69, 9.17) is 18.3 Å². The molecule has 1 unspecified atom stereocenters. The minimum absolute atomic E-state index is 0.248. The molecule has 0 radical (unpaired) electrons. The Morgan fingerprint density at radius 3 is 2.10 bits per heavy atom. The molecule has 5 nitrogen and oxygen atoms in total. The van der Waals surface area contributed by atoms with Gasteiger partial charge in [0, 0.05) is 31.3 Å². The Bertz CT molecular complexity index is 284. The second-order valence-electron chi connectivity index (χ2n) is 5.01. The van der Waals surface area contributed by atoms with Crippen LogP contribution in [0.4, 0.5) is 0 Å². The molecule has 0 saturated heterocycles. The van der Waals surface area contributed by atoms with Gasteiger partial charge in [0.05, 0.1) is 13.2 Å². The first-order valence-electron chi connectivity index (χ1n) is 6.57. The van der Waals surface area contributed by atoms with Crippen LogP contribution in [0.1, 0.15) is 33.6 Å². The topological polar surface area (TPSA) is 54.0 Å². The van der Waals surface area contributed by atoms with Crippen LogP contribution in [0.2, 0.25) is 0 Å². The van der Waals surface area contributed by atoms with Gasteiger partial charge in [0.25, 0.3) is 0 Å². The van der Waals surface area contributed by atoms with Crippen LogP contribution in [0.5, 0.6) is 0 Å². The fraction of sp³-hybridized carbons (Fsp3) is 1.00. The third-order valence-electron chi connectivity index (χ3n) is 1.90. The van der Waals surface area contributed by atoms with Gasteiger partial charge in [0.2, 0.25) is 0 Å². The van der Waals surface area contributed by atoms with Gasteiger partial charge < -0.3 is 4.74 Å². The molecule has 0 N–H and O–H groups in total. The van der Waals surface area contributed by atoms with E-state index in [1.54, 1.807) is 17.9 Å². The van der Waals surface area contributed by atoms with Crippen LogP contribution in [0, 0.1) is 0 Å². The number of methoxy groups -OCH3 is 1. The number of hydrogen-bond acceptors (Lipinski definition) is 7. The summed E-state index contributed by atoms with van der Waals surface area (Å²) in [6.45, 7) is 7.75. The zero-order valence-electron chi connectivity index (χ0n) is 13.0. The van der Waals surface area contributed by atoms with E-state index in [9.17, 15) is 4.57 Å². The Morgan fingerprint density at radius 1 is 1.00 bits per heavy atom. The fourth-order valence-electron chi connectivity index (χ4n) is 1.03. The van der Waals surface area contributed by atoms with Crippen LogP contribution >= 0.6 is 29.4 Å². The summed E-state index contributed by atoms with van der Waals surface area (Å²) in [7, 11) is 3.18. The molecular formula is C12H27O5PS2. The summed E-state index contributed by atoms with van der Waals surface area (Å²) in [4.78, 5) is 0. The molecule has 0 aromatic heterocycles. The van der Waals surface area contributed by atoms with Crippen LogP contribution < -0.4 is 0 Å². The lowest BCUT2D eigenvalue weighted by Crippen LogP contribution is -2.05. The van der Waals surface area contributed by atoms with E-state index in [0.717, 1.165) is 12.2 Å². The van der Waals surface area contributed by atoms with Crippen LogP contribution in [-0.2, 0) is 22.9 Å². The molecule has 0 fully saturated rings. The van der Waals surface area contributed by atoms with Gasteiger partial charge in [-0.15, -0.1) is 0 Å². The zero-order valence-corrected chi connectivity index (χ0v) is 15.6. The first-order valence-corrected chi connectivity index (χ1v) is 10.4. The van der Waals surface area contributed by atoms with Crippen LogP contribution in [0.3, 0.4) is 0 Å². The molecule has 0 bridgehead atoms. The van der Waals surface area contributed by atoms with E-state index in [2.05, 4.69) is 20.8 Å². The SMILES string of the molecule is COCCCOP(=O)(OC)OCCCSSC(C)(C)C. The first kappa shape index (κ1) is 20.8. The lowest BCUT2D eigenvalue weighted by Gasteiger charge is -2.17. The maximum absolute atomic E-state index is 12.0. The van der Waals surface area contributed by atoms with E-state index < -0.39 is 7.82 Å². The summed E-state index contributed by atoms with van der Waals surface area (Å²) < 4.78 is 32.4. The second-order valence-corrected chi connectivity index (χ2v) is 10.0. The minimum atomic E-state index is -3.39. The molecular weight excluding hydrogens is 319 g/mol. The Morgan fingerprint density at radius 2 is 1.60 bits per heavy atom. The van der Waals surface area contributed by atoms with Crippen molar-refractivity contribution >= 4 is 29.4 Å². The highest BCUT2D eigenvalue weighted by Crippen LogP contribution is 2.48. The molecule has 0 aromatic carbocycles. The van der Waals surface area contributed by atoms with Crippen LogP contribution in [-0.4, -0.2) is 44.5 Å². The second kappa shape index (κ2) is 11.4. The highest BCUT2D eigenvalue weighted by atomic mass is 33.1. The molecule has 20 heavy (non-hydrogen) atoms. The summed E-state index contributed by atoms with van der Waals surface area (Å²) in [5.41, 5.74) is 0. The quantitative estimate of drug-likeness (QED) is 0.295. The molecule has 0 aliphatic heterocycles. The fourth-order valence-corrected chi connectivity index (χ4v) is 4.36. The standard InChI is InChI=1S/C12H27O5PS2/c1-12(2,3)20-19-11-7-10-17-18(13,15-5)16-9-6-8-14-4/h6-11H2,1-5H3. The predicted octanol–water partition coefficient (Wildman–Crippen LogP) is 4.38. The normalized spacial score (nSPS) is 15.2. The van der Waals surface area contributed by atoms with Gasteiger partial charge >= 0.3 is 7.82 Å². The molecule has 0 aliphatic rings. The average molecular weight is 346 g/mol. The smallest absolute Gasteiger partial charge is 0.385 e.